The summed E-state index contributed by atoms with van der Waals surface area (Å²) in [6.07, 6.45) is 0. The highest BCUT2D eigenvalue weighted by atomic mass is 32.2. The van der Waals surface area contributed by atoms with Crippen LogP contribution in [0.2, 0.25) is 0 Å². The number of nitrogens with zero attached hydrogens (tertiary/aromatic N) is 1. The Morgan fingerprint density at radius 2 is 1.81 bits per heavy atom. The van der Waals surface area contributed by atoms with Gasteiger partial charge in [0.15, 0.2) is 0 Å². The first-order chi connectivity index (χ1) is 12.5. The van der Waals surface area contributed by atoms with Crippen molar-refractivity contribution in [3.63, 3.8) is 0 Å². The van der Waals surface area contributed by atoms with Crippen molar-refractivity contribution in [3.8, 4) is 0 Å². The second-order valence-electron chi connectivity index (χ2n) is 6.39. The Morgan fingerprint density at radius 3 is 2.50 bits per heavy atom. The fraction of sp³-hybridized carbons (Fsp3) is 0.368. The van der Waals surface area contributed by atoms with E-state index in [1.807, 2.05) is 24.3 Å². The third-order valence-electron chi connectivity index (χ3n) is 4.51. The third kappa shape index (κ3) is 4.67. The number of rotatable bonds is 6. The number of morpholine rings is 1. The second-order valence-corrected chi connectivity index (χ2v) is 8.16. The molecule has 1 N–H and O–H groups in total. The Hall–Kier alpha value is -1.80. The molecule has 0 aromatic heterocycles. The van der Waals surface area contributed by atoms with Gasteiger partial charge in [-0.25, -0.2) is 17.5 Å². The summed E-state index contributed by atoms with van der Waals surface area (Å²) in [4.78, 5) is 2.36. The predicted octanol–water partition coefficient (Wildman–Crippen LogP) is 2.44. The van der Waals surface area contributed by atoms with Gasteiger partial charge in [-0.2, -0.15) is 0 Å². The molecule has 0 saturated carbocycles. The van der Waals surface area contributed by atoms with Crippen LogP contribution in [0, 0.1) is 12.7 Å². The maximum Gasteiger partial charge on any atom is 0.240 e. The molecular formula is C19H23FN2O3S. The van der Waals surface area contributed by atoms with E-state index in [-0.39, 0.29) is 11.4 Å². The van der Waals surface area contributed by atoms with Crippen LogP contribution < -0.4 is 4.72 Å². The standard InChI is InChI=1S/C19H23FN2O3S/c1-15-12-18(6-7-19(15)20)26(23,24)21-13-16-4-2-3-5-17(16)14-22-8-10-25-11-9-22/h2-7,12,21H,8-11,13-14H2,1H3. The zero-order valence-electron chi connectivity index (χ0n) is 14.7. The summed E-state index contributed by atoms with van der Waals surface area (Å²) < 4.78 is 46.4. The van der Waals surface area contributed by atoms with E-state index in [1.54, 1.807) is 6.92 Å². The normalized spacial score (nSPS) is 15.9. The molecule has 0 radical (unpaired) electrons. The van der Waals surface area contributed by atoms with Gasteiger partial charge in [-0.05, 0) is 41.8 Å². The van der Waals surface area contributed by atoms with Crippen molar-refractivity contribution in [2.75, 3.05) is 26.3 Å². The molecule has 1 heterocycles. The minimum absolute atomic E-state index is 0.0714. The van der Waals surface area contributed by atoms with E-state index in [1.165, 1.54) is 18.2 Å². The highest BCUT2D eigenvalue weighted by molar-refractivity contribution is 7.89. The molecule has 26 heavy (non-hydrogen) atoms. The summed E-state index contributed by atoms with van der Waals surface area (Å²) in [5.41, 5.74) is 2.33. The number of hydrogen-bond donors (Lipinski definition) is 1. The molecule has 0 amide bonds. The van der Waals surface area contributed by atoms with Gasteiger partial charge in [-0.1, -0.05) is 24.3 Å². The van der Waals surface area contributed by atoms with Crippen LogP contribution in [-0.2, 0) is 27.8 Å². The molecule has 0 atom stereocenters. The molecule has 1 aliphatic heterocycles. The van der Waals surface area contributed by atoms with E-state index < -0.39 is 15.8 Å². The Bertz CT molecular complexity index is 865. The number of nitrogens with one attached hydrogen (secondary N) is 1. The van der Waals surface area contributed by atoms with Crippen molar-refractivity contribution in [1.29, 1.82) is 0 Å². The SMILES string of the molecule is Cc1cc(S(=O)(=O)NCc2ccccc2CN2CCOCC2)ccc1F. The maximum atomic E-state index is 13.4. The van der Waals surface area contributed by atoms with Crippen molar-refractivity contribution >= 4 is 10.0 Å². The Morgan fingerprint density at radius 1 is 1.12 bits per heavy atom. The van der Waals surface area contributed by atoms with E-state index >= 15 is 0 Å². The van der Waals surface area contributed by atoms with Gasteiger partial charge in [-0.15, -0.1) is 0 Å². The van der Waals surface area contributed by atoms with Crippen LogP contribution in [0.4, 0.5) is 4.39 Å². The lowest BCUT2D eigenvalue weighted by Crippen LogP contribution is -2.36. The van der Waals surface area contributed by atoms with Crippen molar-refractivity contribution in [2.24, 2.45) is 0 Å². The third-order valence-corrected chi connectivity index (χ3v) is 5.91. The van der Waals surface area contributed by atoms with Crippen molar-refractivity contribution in [3.05, 3.63) is 65.0 Å². The van der Waals surface area contributed by atoms with Crippen LogP contribution in [-0.4, -0.2) is 39.6 Å². The van der Waals surface area contributed by atoms with Crippen LogP contribution >= 0.6 is 0 Å². The average molecular weight is 378 g/mol. The predicted molar refractivity (Wildman–Crippen MR) is 97.7 cm³/mol. The number of ether oxygens (including phenoxy) is 1. The fourth-order valence-corrected chi connectivity index (χ4v) is 4.02. The van der Waals surface area contributed by atoms with E-state index in [9.17, 15) is 12.8 Å². The molecular weight excluding hydrogens is 355 g/mol. The number of halogens is 1. The molecule has 1 fully saturated rings. The maximum absolute atomic E-state index is 13.4. The van der Waals surface area contributed by atoms with Crippen LogP contribution in [0.15, 0.2) is 47.4 Å². The lowest BCUT2D eigenvalue weighted by molar-refractivity contribution is 0.0341. The number of aryl methyl sites for hydroxylation is 1. The molecule has 140 valence electrons. The van der Waals surface area contributed by atoms with E-state index in [4.69, 9.17) is 4.74 Å². The highest BCUT2D eigenvalue weighted by Gasteiger charge is 2.17. The first-order valence-corrected chi connectivity index (χ1v) is 10.1. The monoisotopic (exact) mass is 378 g/mol. The summed E-state index contributed by atoms with van der Waals surface area (Å²) in [5, 5.41) is 0. The molecule has 0 spiro atoms. The summed E-state index contributed by atoms with van der Waals surface area (Å²) in [7, 11) is -3.70. The van der Waals surface area contributed by atoms with Crippen molar-refractivity contribution in [2.45, 2.75) is 24.9 Å². The molecule has 5 nitrogen and oxygen atoms in total. The fourth-order valence-electron chi connectivity index (χ4n) is 2.92. The second kappa shape index (κ2) is 8.26. The lowest BCUT2D eigenvalue weighted by Gasteiger charge is -2.27. The Labute approximate surface area is 153 Å². The molecule has 1 aliphatic rings. The lowest BCUT2D eigenvalue weighted by atomic mass is 10.1. The molecule has 2 aromatic rings. The van der Waals surface area contributed by atoms with Gasteiger partial charge in [0.1, 0.15) is 5.82 Å². The van der Waals surface area contributed by atoms with Crippen molar-refractivity contribution in [1.82, 2.24) is 9.62 Å². The van der Waals surface area contributed by atoms with Gasteiger partial charge in [0, 0.05) is 26.2 Å². The molecule has 7 heteroatoms. The highest BCUT2D eigenvalue weighted by Crippen LogP contribution is 2.17. The minimum atomic E-state index is -3.70. The van der Waals surface area contributed by atoms with Crippen molar-refractivity contribution < 1.29 is 17.5 Å². The van der Waals surface area contributed by atoms with E-state index in [0.717, 1.165) is 44.0 Å². The zero-order chi connectivity index (χ0) is 18.6. The molecule has 2 aromatic carbocycles. The van der Waals surface area contributed by atoms with Crippen LogP contribution in [0.25, 0.3) is 0 Å². The largest absolute Gasteiger partial charge is 0.379 e. The van der Waals surface area contributed by atoms with E-state index in [0.29, 0.717) is 5.56 Å². The smallest absolute Gasteiger partial charge is 0.240 e. The summed E-state index contributed by atoms with van der Waals surface area (Å²) in [5.74, 6) is -0.417. The van der Waals surface area contributed by atoms with Gasteiger partial charge in [0.2, 0.25) is 10.0 Å². The Kier molecular flexibility index (Phi) is 6.03. The van der Waals surface area contributed by atoms with Gasteiger partial charge >= 0.3 is 0 Å². The summed E-state index contributed by atoms with van der Waals surface area (Å²) >= 11 is 0. The summed E-state index contributed by atoms with van der Waals surface area (Å²) in [6.45, 7) is 5.68. The quantitative estimate of drug-likeness (QED) is 0.839. The first kappa shape index (κ1) is 19.0. The number of hydrogen-bond acceptors (Lipinski definition) is 4. The number of benzene rings is 2. The molecule has 0 unspecified atom stereocenters. The molecule has 3 rings (SSSR count). The molecule has 1 saturated heterocycles. The molecule has 0 bridgehead atoms. The van der Waals surface area contributed by atoms with Gasteiger partial charge in [-0.3, -0.25) is 4.90 Å². The van der Waals surface area contributed by atoms with Gasteiger partial charge in [0.05, 0.1) is 18.1 Å². The number of sulfonamides is 1. The topological polar surface area (TPSA) is 58.6 Å². The zero-order valence-corrected chi connectivity index (χ0v) is 15.6. The van der Waals surface area contributed by atoms with Crippen LogP contribution in [0.3, 0.4) is 0 Å². The first-order valence-electron chi connectivity index (χ1n) is 8.58. The minimum Gasteiger partial charge on any atom is -0.379 e. The summed E-state index contributed by atoms with van der Waals surface area (Å²) in [6, 6.07) is 11.6. The van der Waals surface area contributed by atoms with Gasteiger partial charge < -0.3 is 4.74 Å². The van der Waals surface area contributed by atoms with E-state index in [2.05, 4.69) is 9.62 Å². The van der Waals surface area contributed by atoms with Gasteiger partial charge in [0.25, 0.3) is 0 Å². The van der Waals surface area contributed by atoms with Crippen LogP contribution in [0.1, 0.15) is 16.7 Å². The van der Waals surface area contributed by atoms with Crippen LogP contribution in [0.5, 0.6) is 0 Å². The molecule has 0 aliphatic carbocycles. The Balaban J connectivity index is 1.71. The average Bonchev–Trinajstić information content (AvgIpc) is 2.64.